The lowest BCUT2D eigenvalue weighted by molar-refractivity contribution is -0.159. The number of nitrogens with two attached hydrogens (primary N) is 2. The van der Waals surface area contributed by atoms with Gasteiger partial charge in [-0.15, -0.1) is 0 Å². The second-order valence-electron chi connectivity index (χ2n) is 7.64. The van der Waals surface area contributed by atoms with Crippen molar-refractivity contribution in [2.75, 3.05) is 11.9 Å². The number of anilines is 1. The first-order valence-electron chi connectivity index (χ1n) is 11.5. The lowest BCUT2D eigenvalue weighted by atomic mass is 10.2. The van der Waals surface area contributed by atoms with Crippen LogP contribution in [0.4, 0.5) is 5.69 Å². The van der Waals surface area contributed by atoms with Crippen LogP contribution in [-0.4, -0.2) is 69.9 Å². The van der Waals surface area contributed by atoms with Gasteiger partial charge in [0.15, 0.2) is 0 Å². The predicted molar refractivity (Wildman–Crippen MR) is 139 cm³/mol. The molecule has 0 aliphatic carbocycles. The van der Waals surface area contributed by atoms with E-state index < -0.39 is 35.9 Å². The molecule has 1 rings (SSSR count). The van der Waals surface area contributed by atoms with Crippen LogP contribution in [0.3, 0.4) is 0 Å². The molecule has 0 aliphatic heterocycles. The molecule has 0 radical (unpaired) electrons. The van der Waals surface area contributed by atoms with E-state index in [0.29, 0.717) is 30.6 Å². The monoisotopic (exact) mass is 558 g/mol. The van der Waals surface area contributed by atoms with E-state index in [1.807, 2.05) is 0 Å². The molecule has 0 saturated carbocycles. The average Bonchev–Trinajstić information content (AvgIpc) is 2.82. The number of nitrogens with one attached hydrogen (secondary N) is 1. The summed E-state index contributed by atoms with van der Waals surface area (Å²) in [5.41, 5.74) is 11.6. The zero-order valence-electron chi connectivity index (χ0n) is 21.8. The SMILES string of the molecule is CC(=O)Nc1ccc(C=O)cc1.N.NCCC[C@H](N)C(=O)O.O=C(O)CCCC(=O)OC(=O)CCCC(=O)O. The van der Waals surface area contributed by atoms with Crippen LogP contribution in [0.1, 0.15) is 68.6 Å². The smallest absolute Gasteiger partial charge is 0.320 e. The standard InChI is InChI=1S/C10H14O7.C9H9NO2.C5H12N2O2.H3N/c11-7(12)3-1-5-9(15)17-10(16)6-2-4-8(13)14;1-7(12)10-9-4-2-8(6-11)3-5-9;6-3-1-2-4(7)5(8)9;/h1-6H2,(H,11,12)(H,13,14);2-6H,1H3,(H,10,12);4H,1-3,6-7H2,(H,8,9);1H3/t;;4-;/m..0./s1. The van der Waals surface area contributed by atoms with Crippen molar-refractivity contribution in [3.63, 3.8) is 0 Å². The lowest BCUT2D eigenvalue weighted by Gasteiger charge is -2.02. The largest absolute Gasteiger partial charge is 0.481 e. The minimum absolute atomic E-state index is 0. The van der Waals surface area contributed by atoms with Crippen molar-refractivity contribution in [3.8, 4) is 0 Å². The third-order valence-corrected chi connectivity index (χ3v) is 4.17. The molecule has 0 heterocycles. The number of hydrogen-bond acceptors (Lipinski definition) is 11. The van der Waals surface area contributed by atoms with E-state index in [0.717, 1.165) is 6.29 Å². The number of ether oxygens (including phenoxy) is 1. The number of carboxylic acids is 3. The molecule has 1 amide bonds. The van der Waals surface area contributed by atoms with E-state index in [2.05, 4.69) is 10.1 Å². The number of aliphatic carboxylic acids is 3. The number of rotatable bonds is 14. The Kier molecular flexibility index (Phi) is 24.3. The Morgan fingerprint density at radius 1 is 0.872 bits per heavy atom. The van der Waals surface area contributed by atoms with E-state index in [1.165, 1.54) is 6.92 Å². The Hall–Kier alpha value is -4.21. The van der Waals surface area contributed by atoms with E-state index in [4.69, 9.17) is 26.8 Å². The number of esters is 2. The molecule has 0 unspecified atom stereocenters. The maximum atomic E-state index is 11.0. The van der Waals surface area contributed by atoms with E-state index >= 15 is 0 Å². The number of aldehydes is 1. The molecule has 0 aromatic heterocycles. The van der Waals surface area contributed by atoms with Crippen molar-refractivity contribution in [1.82, 2.24) is 6.15 Å². The first-order chi connectivity index (χ1) is 17.8. The number of carbonyl (C=O) groups is 7. The lowest BCUT2D eigenvalue weighted by Crippen LogP contribution is -2.30. The van der Waals surface area contributed by atoms with Gasteiger partial charge in [0.05, 0.1) is 0 Å². The summed E-state index contributed by atoms with van der Waals surface area (Å²) >= 11 is 0. The predicted octanol–water partition coefficient (Wildman–Crippen LogP) is 1.32. The highest BCUT2D eigenvalue weighted by Crippen LogP contribution is 2.07. The third kappa shape index (κ3) is 26.7. The summed E-state index contributed by atoms with van der Waals surface area (Å²) in [5, 5.41) is 27.4. The summed E-state index contributed by atoms with van der Waals surface area (Å²) in [6.45, 7) is 1.94. The minimum atomic E-state index is -1.02. The van der Waals surface area contributed by atoms with Gasteiger partial charge in [-0.2, -0.15) is 0 Å². The maximum Gasteiger partial charge on any atom is 0.320 e. The van der Waals surface area contributed by atoms with Crippen LogP contribution in [0.5, 0.6) is 0 Å². The minimum Gasteiger partial charge on any atom is -0.481 e. The van der Waals surface area contributed by atoms with Crippen molar-refractivity contribution in [3.05, 3.63) is 29.8 Å². The molecule has 11 N–H and O–H groups in total. The molecule has 1 aromatic carbocycles. The van der Waals surface area contributed by atoms with Crippen molar-refractivity contribution < 1.29 is 53.6 Å². The van der Waals surface area contributed by atoms with Crippen LogP contribution in [0.25, 0.3) is 0 Å². The molecular formula is C24H38N4O11. The van der Waals surface area contributed by atoms with Gasteiger partial charge in [0, 0.05) is 43.9 Å². The molecule has 0 fully saturated rings. The van der Waals surface area contributed by atoms with Gasteiger partial charge in [-0.25, -0.2) is 0 Å². The fourth-order valence-electron chi connectivity index (χ4n) is 2.31. The maximum absolute atomic E-state index is 11.0. The Bertz CT molecular complexity index is 891. The number of amides is 1. The summed E-state index contributed by atoms with van der Waals surface area (Å²) in [7, 11) is 0. The second-order valence-corrected chi connectivity index (χ2v) is 7.64. The zero-order valence-corrected chi connectivity index (χ0v) is 21.8. The number of benzene rings is 1. The Morgan fingerprint density at radius 3 is 1.67 bits per heavy atom. The van der Waals surface area contributed by atoms with Crippen LogP contribution in [-0.2, 0) is 33.5 Å². The quantitative estimate of drug-likeness (QED) is 0.0962. The van der Waals surface area contributed by atoms with Crippen LogP contribution in [0, 0.1) is 0 Å². The molecule has 15 heteroatoms. The molecule has 220 valence electrons. The molecule has 1 aromatic rings. The zero-order chi connectivity index (χ0) is 29.5. The van der Waals surface area contributed by atoms with Gasteiger partial charge in [-0.05, 0) is 56.5 Å². The molecule has 39 heavy (non-hydrogen) atoms. The normalized spacial score (nSPS) is 10.0. The summed E-state index contributed by atoms with van der Waals surface area (Å²) < 4.78 is 4.35. The van der Waals surface area contributed by atoms with Crippen LogP contribution in [0.2, 0.25) is 0 Å². The van der Waals surface area contributed by atoms with E-state index in [-0.39, 0.29) is 50.6 Å². The van der Waals surface area contributed by atoms with Gasteiger partial charge in [-0.1, -0.05) is 0 Å². The van der Waals surface area contributed by atoms with E-state index in [9.17, 15) is 33.6 Å². The summed E-state index contributed by atoms with van der Waals surface area (Å²) in [6.07, 6.45) is 1.50. The van der Waals surface area contributed by atoms with Crippen LogP contribution >= 0.6 is 0 Å². The molecule has 0 aliphatic rings. The van der Waals surface area contributed by atoms with Crippen molar-refractivity contribution in [1.29, 1.82) is 0 Å². The van der Waals surface area contributed by atoms with Gasteiger partial charge in [-0.3, -0.25) is 33.6 Å². The van der Waals surface area contributed by atoms with Gasteiger partial charge in [0.2, 0.25) is 5.91 Å². The average molecular weight is 559 g/mol. The fraction of sp³-hybridized carbons (Fsp3) is 0.458. The Balaban J connectivity index is -0.000000518. The molecular weight excluding hydrogens is 520 g/mol. The first kappa shape index (κ1) is 39.3. The van der Waals surface area contributed by atoms with Gasteiger partial charge >= 0.3 is 29.8 Å². The van der Waals surface area contributed by atoms with Crippen LogP contribution in [0.15, 0.2) is 24.3 Å². The first-order valence-corrected chi connectivity index (χ1v) is 11.5. The molecule has 0 spiro atoms. The number of carbonyl (C=O) groups excluding carboxylic acids is 4. The Labute approximate surface area is 225 Å². The second kappa shape index (κ2) is 24.1. The van der Waals surface area contributed by atoms with Crippen molar-refractivity contribution in [2.24, 2.45) is 11.5 Å². The topological polar surface area (TPSA) is 288 Å². The number of carboxylic acid groups (broad SMARTS) is 3. The molecule has 0 bridgehead atoms. The summed E-state index contributed by atoms with van der Waals surface area (Å²) in [6, 6.07) is 5.93. The highest BCUT2D eigenvalue weighted by Gasteiger charge is 2.11. The molecule has 0 saturated heterocycles. The van der Waals surface area contributed by atoms with Gasteiger partial charge in [0.1, 0.15) is 12.3 Å². The summed E-state index contributed by atoms with van der Waals surface area (Å²) in [4.78, 5) is 73.1. The number of hydrogen-bond donors (Lipinski definition) is 7. The highest BCUT2D eigenvalue weighted by molar-refractivity contribution is 5.89. The van der Waals surface area contributed by atoms with Crippen molar-refractivity contribution >= 4 is 47.7 Å². The molecule has 1 atom stereocenters. The van der Waals surface area contributed by atoms with E-state index in [1.54, 1.807) is 24.3 Å². The highest BCUT2D eigenvalue weighted by atomic mass is 16.6. The fourth-order valence-corrected chi connectivity index (χ4v) is 2.31. The third-order valence-electron chi connectivity index (χ3n) is 4.17. The summed E-state index contributed by atoms with van der Waals surface area (Å²) in [5.74, 6) is -4.69. The van der Waals surface area contributed by atoms with Crippen molar-refractivity contribution in [2.45, 2.75) is 64.3 Å². The Morgan fingerprint density at radius 2 is 1.33 bits per heavy atom. The van der Waals surface area contributed by atoms with Gasteiger partial charge < -0.3 is 43.0 Å². The molecule has 15 nitrogen and oxygen atoms in total. The van der Waals surface area contributed by atoms with Crippen LogP contribution < -0.4 is 22.9 Å². The van der Waals surface area contributed by atoms with Gasteiger partial charge in [0.25, 0.3) is 0 Å².